The summed E-state index contributed by atoms with van der Waals surface area (Å²) < 4.78 is 16.0. The Balaban J connectivity index is 2.01. The van der Waals surface area contributed by atoms with Crippen molar-refractivity contribution in [3.8, 4) is 11.5 Å². The molecule has 0 aliphatic carbocycles. The molecule has 21 heavy (non-hydrogen) atoms. The third-order valence-electron chi connectivity index (χ3n) is 3.12. The van der Waals surface area contributed by atoms with E-state index in [0.29, 0.717) is 17.2 Å². The lowest BCUT2D eigenvalue weighted by Crippen LogP contribution is -2.29. The quantitative estimate of drug-likeness (QED) is 0.842. The van der Waals surface area contributed by atoms with Gasteiger partial charge in [0.2, 0.25) is 0 Å². The number of ether oxygens (including phenoxy) is 3. The van der Waals surface area contributed by atoms with Crippen molar-refractivity contribution in [1.82, 2.24) is 0 Å². The van der Waals surface area contributed by atoms with Crippen molar-refractivity contribution in [2.75, 3.05) is 11.9 Å². The van der Waals surface area contributed by atoms with Gasteiger partial charge in [-0.25, -0.2) is 4.79 Å². The number of rotatable bonds is 5. The fourth-order valence-electron chi connectivity index (χ4n) is 1.77. The van der Waals surface area contributed by atoms with Crippen LogP contribution in [0.5, 0.6) is 11.5 Å². The van der Waals surface area contributed by atoms with E-state index >= 15 is 0 Å². The second kappa shape index (κ2) is 6.47. The molecule has 2 atom stereocenters. The Hall–Kier alpha value is -2.24. The van der Waals surface area contributed by atoms with E-state index in [4.69, 9.17) is 14.2 Å². The van der Waals surface area contributed by atoms with Crippen molar-refractivity contribution in [2.24, 2.45) is 0 Å². The topological polar surface area (TPSA) is 73.9 Å². The summed E-state index contributed by atoms with van der Waals surface area (Å²) in [5, 5.41) is 2.68. The van der Waals surface area contributed by atoms with Crippen molar-refractivity contribution in [2.45, 2.75) is 39.4 Å². The van der Waals surface area contributed by atoms with E-state index in [1.165, 1.54) is 0 Å². The van der Waals surface area contributed by atoms with Crippen molar-refractivity contribution >= 4 is 17.6 Å². The van der Waals surface area contributed by atoms with Gasteiger partial charge >= 0.3 is 5.97 Å². The van der Waals surface area contributed by atoms with Crippen molar-refractivity contribution in [3.05, 3.63) is 18.2 Å². The number of carbonyl (C=O) groups is 2. The molecule has 1 N–H and O–H groups in total. The number of carbonyl (C=O) groups excluding carboxylic acids is 2. The maximum absolute atomic E-state index is 11.8. The molecule has 1 amide bonds. The molecular weight excluding hydrogens is 274 g/mol. The average Bonchev–Trinajstić information content (AvgIpc) is 2.46. The standard InChI is InChI=1S/C15H19NO5/c1-4-9(2)20-15(18)10(3)21-11-5-6-13-12(7-11)16-14(17)8-19-13/h5-7,9-10H,4,8H2,1-3H3,(H,16,17). The van der Waals surface area contributed by atoms with Gasteiger partial charge in [0.1, 0.15) is 11.5 Å². The number of nitrogens with one attached hydrogen (secondary N) is 1. The molecular formula is C15H19NO5. The van der Waals surface area contributed by atoms with Gasteiger partial charge in [-0.05, 0) is 32.4 Å². The van der Waals surface area contributed by atoms with Crippen LogP contribution in [0.4, 0.5) is 5.69 Å². The van der Waals surface area contributed by atoms with E-state index < -0.39 is 12.1 Å². The molecule has 1 aromatic carbocycles. The molecule has 6 heteroatoms. The molecule has 2 unspecified atom stereocenters. The van der Waals surface area contributed by atoms with Crippen LogP contribution < -0.4 is 14.8 Å². The maximum Gasteiger partial charge on any atom is 0.347 e. The van der Waals surface area contributed by atoms with Crippen molar-refractivity contribution < 1.29 is 23.8 Å². The first-order valence-electron chi connectivity index (χ1n) is 6.93. The minimum absolute atomic E-state index is 0.00480. The molecule has 0 aromatic heterocycles. The lowest BCUT2D eigenvalue weighted by atomic mass is 10.2. The fourth-order valence-corrected chi connectivity index (χ4v) is 1.77. The second-order valence-electron chi connectivity index (χ2n) is 4.91. The number of amides is 1. The number of fused-ring (bicyclic) bond motifs is 1. The molecule has 0 saturated carbocycles. The van der Waals surface area contributed by atoms with Gasteiger partial charge < -0.3 is 19.5 Å². The molecule has 0 saturated heterocycles. The van der Waals surface area contributed by atoms with Gasteiger partial charge in [-0.2, -0.15) is 0 Å². The predicted octanol–water partition coefficient (Wildman–Crippen LogP) is 2.13. The summed E-state index contributed by atoms with van der Waals surface area (Å²) in [5.41, 5.74) is 0.534. The van der Waals surface area contributed by atoms with E-state index in [1.54, 1.807) is 25.1 Å². The Bertz CT molecular complexity index is 543. The molecule has 1 aliphatic rings. The number of hydrogen-bond donors (Lipinski definition) is 1. The Morgan fingerprint density at radius 3 is 2.90 bits per heavy atom. The first-order chi connectivity index (χ1) is 9.99. The van der Waals surface area contributed by atoms with E-state index in [9.17, 15) is 9.59 Å². The lowest BCUT2D eigenvalue weighted by Gasteiger charge is -2.20. The summed E-state index contributed by atoms with van der Waals surface area (Å²) in [6, 6.07) is 5.00. The van der Waals surface area contributed by atoms with E-state index in [2.05, 4.69) is 5.32 Å². The summed E-state index contributed by atoms with van der Waals surface area (Å²) in [4.78, 5) is 23.1. The third kappa shape index (κ3) is 3.87. The molecule has 0 radical (unpaired) electrons. The van der Waals surface area contributed by atoms with Crippen LogP contribution in [0.1, 0.15) is 27.2 Å². The van der Waals surface area contributed by atoms with Gasteiger partial charge in [-0.15, -0.1) is 0 Å². The van der Waals surface area contributed by atoms with Gasteiger partial charge in [0.15, 0.2) is 12.7 Å². The Labute approximate surface area is 123 Å². The van der Waals surface area contributed by atoms with Crippen molar-refractivity contribution in [3.63, 3.8) is 0 Å². The van der Waals surface area contributed by atoms with Gasteiger partial charge in [0.05, 0.1) is 11.8 Å². The van der Waals surface area contributed by atoms with Gasteiger partial charge in [-0.3, -0.25) is 4.79 Å². The molecule has 2 rings (SSSR count). The van der Waals surface area contributed by atoms with Crippen LogP contribution >= 0.6 is 0 Å². The number of esters is 1. The first-order valence-corrected chi connectivity index (χ1v) is 6.93. The SMILES string of the molecule is CCC(C)OC(=O)C(C)Oc1ccc2c(c1)NC(=O)CO2. The van der Waals surface area contributed by atoms with Crippen LogP contribution in [-0.4, -0.2) is 30.7 Å². The zero-order valence-corrected chi connectivity index (χ0v) is 12.3. The summed E-state index contributed by atoms with van der Waals surface area (Å²) in [6.07, 6.45) is -0.113. The summed E-state index contributed by atoms with van der Waals surface area (Å²) in [5.74, 6) is 0.413. The molecule has 6 nitrogen and oxygen atoms in total. The minimum atomic E-state index is -0.725. The monoisotopic (exact) mass is 293 g/mol. The largest absolute Gasteiger partial charge is 0.482 e. The molecule has 0 spiro atoms. The highest BCUT2D eigenvalue weighted by Crippen LogP contribution is 2.31. The zero-order chi connectivity index (χ0) is 15.4. The van der Waals surface area contributed by atoms with Crippen LogP contribution in [0.25, 0.3) is 0 Å². The van der Waals surface area contributed by atoms with Gasteiger partial charge in [0.25, 0.3) is 5.91 Å². The van der Waals surface area contributed by atoms with E-state index in [-0.39, 0.29) is 18.6 Å². The zero-order valence-electron chi connectivity index (χ0n) is 12.3. The van der Waals surface area contributed by atoms with Crippen LogP contribution in [0.15, 0.2) is 18.2 Å². The van der Waals surface area contributed by atoms with Crippen LogP contribution in [0, 0.1) is 0 Å². The van der Waals surface area contributed by atoms with Crippen LogP contribution in [-0.2, 0) is 14.3 Å². The summed E-state index contributed by atoms with van der Waals surface area (Å²) >= 11 is 0. The van der Waals surface area contributed by atoms with Crippen LogP contribution in [0.3, 0.4) is 0 Å². The third-order valence-corrected chi connectivity index (χ3v) is 3.12. The predicted molar refractivity (Wildman–Crippen MR) is 76.5 cm³/mol. The second-order valence-corrected chi connectivity index (χ2v) is 4.91. The first kappa shape index (κ1) is 15.2. The van der Waals surface area contributed by atoms with Gasteiger partial charge in [0, 0.05) is 6.07 Å². The Morgan fingerprint density at radius 2 is 2.19 bits per heavy atom. The summed E-state index contributed by atoms with van der Waals surface area (Å²) in [6.45, 7) is 5.40. The molecule has 1 aromatic rings. The Kier molecular flexibility index (Phi) is 4.67. The highest BCUT2D eigenvalue weighted by Gasteiger charge is 2.20. The number of hydrogen-bond acceptors (Lipinski definition) is 5. The van der Waals surface area contributed by atoms with E-state index in [1.807, 2.05) is 13.8 Å². The highest BCUT2D eigenvalue weighted by atomic mass is 16.6. The fraction of sp³-hybridized carbons (Fsp3) is 0.467. The summed E-state index contributed by atoms with van der Waals surface area (Å²) in [7, 11) is 0. The van der Waals surface area contributed by atoms with Gasteiger partial charge in [-0.1, -0.05) is 6.92 Å². The molecule has 0 fully saturated rings. The van der Waals surface area contributed by atoms with Crippen molar-refractivity contribution in [1.29, 1.82) is 0 Å². The smallest absolute Gasteiger partial charge is 0.347 e. The molecule has 1 heterocycles. The Morgan fingerprint density at radius 1 is 1.43 bits per heavy atom. The number of anilines is 1. The lowest BCUT2D eigenvalue weighted by molar-refractivity contribution is -0.155. The molecule has 114 valence electrons. The normalized spacial score (nSPS) is 16.0. The average molecular weight is 293 g/mol. The molecule has 0 bridgehead atoms. The highest BCUT2D eigenvalue weighted by molar-refractivity contribution is 5.95. The maximum atomic E-state index is 11.8. The van der Waals surface area contributed by atoms with Crippen LogP contribution in [0.2, 0.25) is 0 Å². The van der Waals surface area contributed by atoms with E-state index in [0.717, 1.165) is 6.42 Å². The minimum Gasteiger partial charge on any atom is -0.482 e. The number of benzene rings is 1. The molecule has 1 aliphatic heterocycles.